The first-order valence-corrected chi connectivity index (χ1v) is 5.06. The fourth-order valence-electron chi connectivity index (χ4n) is 1.19. The van der Waals surface area contributed by atoms with Crippen molar-refractivity contribution in [1.82, 2.24) is 0 Å². The van der Waals surface area contributed by atoms with Gasteiger partial charge in [-0.2, -0.15) is 0 Å². The summed E-state index contributed by atoms with van der Waals surface area (Å²) in [6.07, 6.45) is 0. The summed E-state index contributed by atoms with van der Waals surface area (Å²) in [7, 11) is -0.0645. The first-order valence-electron chi connectivity index (χ1n) is 3.88. The molecule has 0 saturated heterocycles. The van der Waals surface area contributed by atoms with Gasteiger partial charge in [-0.1, -0.05) is 0 Å². The molecule has 0 aliphatic rings. The molecule has 12 heavy (non-hydrogen) atoms. The van der Waals surface area contributed by atoms with Crippen molar-refractivity contribution in [2.45, 2.75) is 39.8 Å². The number of rotatable bonds is 4. The Morgan fingerprint density at radius 2 is 1.50 bits per heavy atom. The van der Waals surface area contributed by atoms with Crippen molar-refractivity contribution in [2.24, 2.45) is 0 Å². The maximum absolute atomic E-state index is 11.3. The van der Waals surface area contributed by atoms with E-state index < -0.39 is 8.53 Å². The number of nitrogens with one attached hydrogen (secondary N) is 1. The lowest BCUT2D eigenvalue weighted by molar-refractivity contribution is -0.839. The van der Waals surface area contributed by atoms with Gasteiger partial charge in [0.1, 0.15) is 0 Å². The van der Waals surface area contributed by atoms with Crippen LogP contribution in [0.25, 0.3) is 0 Å². The predicted molar refractivity (Wildman–Crippen MR) is 45.2 cm³/mol. The van der Waals surface area contributed by atoms with Crippen LogP contribution in [-0.4, -0.2) is 19.2 Å². The summed E-state index contributed by atoms with van der Waals surface area (Å²) in [5, 5.41) is 0. The summed E-state index contributed by atoms with van der Waals surface area (Å²) in [6, 6.07) is 0.692. The van der Waals surface area contributed by atoms with E-state index in [0.717, 1.165) is 4.67 Å². The van der Waals surface area contributed by atoms with Crippen LogP contribution in [0.4, 0.5) is 0 Å². The molecule has 0 aliphatic heterocycles. The zero-order valence-electron chi connectivity index (χ0n) is 8.30. The van der Waals surface area contributed by atoms with Crippen LogP contribution < -0.4 is 22.0 Å². The molecule has 0 heterocycles. The lowest BCUT2D eigenvalue weighted by atomic mass is 10.3. The number of hydrogen-bond acceptors (Lipinski definition) is 2. The van der Waals surface area contributed by atoms with E-state index in [2.05, 4.69) is 0 Å². The molecule has 5 heteroatoms. The Bertz CT molecular complexity index is 106. The number of hydrogen-bond donors (Lipinski definition) is 1. The highest BCUT2D eigenvalue weighted by atomic mass is 35.5. The van der Waals surface area contributed by atoms with Gasteiger partial charge in [0.25, 0.3) is 0 Å². The maximum Gasteiger partial charge on any atom is 0.175 e. The minimum absolute atomic E-state index is 0. The van der Waals surface area contributed by atoms with Crippen molar-refractivity contribution in [1.29, 1.82) is 0 Å². The molecule has 0 amide bonds. The predicted octanol–water partition coefficient (Wildman–Crippen LogP) is -3.07. The smallest absolute Gasteiger partial charge is 0.175 e. The van der Waals surface area contributed by atoms with E-state index in [4.69, 9.17) is 4.52 Å². The van der Waals surface area contributed by atoms with Crippen LogP contribution in [0.5, 0.6) is 0 Å². The molecule has 0 aromatic carbocycles. The van der Waals surface area contributed by atoms with Gasteiger partial charge in [-0.15, -0.1) is 0 Å². The molecule has 76 valence electrons. The summed E-state index contributed by atoms with van der Waals surface area (Å²) in [5.41, 5.74) is 0. The highest BCUT2D eigenvalue weighted by Crippen LogP contribution is 2.13. The van der Waals surface area contributed by atoms with Gasteiger partial charge in [0, 0.05) is 7.11 Å². The molecular weight excluding hydrogens is 197 g/mol. The Hall–Kier alpha value is 0.600. The van der Waals surface area contributed by atoms with E-state index in [1.54, 1.807) is 0 Å². The van der Waals surface area contributed by atoms with Gasteiger partial charge >= 0.3 is 0 Å². The first kappa shape index (κ1) is 15.1. The maximum atomic E-state index is 11.3. The fourth-order valence-corrected chi connectivity index (χ4v) is 2.25. The highest BCUT2D eigenvalue weighted by Gasteiger charge is 2.20. The third-order valence-corrected chi connectivity index (χ3v) is 3.35. The standard InChI is InChI=1S/C7H17NO2P.ClH/c1-6(2)8(7(3)4)11(9)10-5;/h6-7H,1-5H3;1H/q-1;. The molecular formula is C7H18ClNO2P-. The Balaban J connectivity index is 0. The second-order valence-corrected chi connectivity index (χ2v) is 4.57. The Labute approximate surface area is 82.5 Å². The molecule has 0 saturated carbocycles. The average Bonchev–Trinajstić information content (AvgIpc) is 1.85. The summed E-state index contributed by atoms with van der Waals surface area (Å²) >= 11 is 0. The molecule has 1 N–H and O–H groups in total. The second-order valence-electron chi connectivity index (χ2n) is 3.17. The Morgan fingerprint density at radius 1 is 1.17 bits per heavy atom. The van der Waals surface area contributed by atoms with Gasteiger partial charge < -0.3 is 26.5 Å². The van der Waals surface area contributed by atoms with E-state index in [-0.39, 0.29) is 12.4 Å². The summed E-state index contributed by atoms with van der Waals surface area (Å²) in [6.45, 7) is 8.17. The van der Waals surface area contributed by atoms with Crippen molar-refractivity contribution in [2.75, 3.05) is 7.11 Å². The topological polar surface area (TPSA) is 36.7 Å². The molecule has 0 rings (SSSR count). The first-order chi connectivity index (χ1) is 5.00. The summed E-state index contributed by atoms with van der Waals surface area (Å²) in [5.74, 6) is 0. The molecule has 1 atom stereocenters. The third-order valence-electron chi connectivity index (χ3n) is 1.56. The molecule has 0 bridgehead atoms. The van der Waals surface area contributed by atoms with E-state index in [1.807, 2.05) is 27.7 Å². The number of quaternary nitrogens is 1. The van der Waals surface area contributed by atoms with Crippen LogP contribution in [0.15, 0.2) is 0 Å². The van der Waals surface area contributed by atoms with Gasteiger partial charge in [0.05, 0.1) is 12.1 Å². The van der Waals surface area contributed by atoms with Crippen molar-refractivity contribution in [3.63, 3.8) is 0 Å². The molecule has 0 fully saturated rings. The summed E-state index contributed by atoms with van der Waals surface area (Å²) in [4.78, 5) is 11.3. The van der Waals surface area contributed by atoms with Crippen LogP contribution in [0.2, 0.25) is 0 Å². The molecule has 0 aromatic heterocycles. The second kappa shape index (κ2) is 7.05. The van der Waals surface area contributed by atoms with E-state index in [1.165, 1.54) is 7.11 Å². The largest absolute Gasteiger partial charge is 1.00 e. The van der Waals surface area contributed by atoms with Gasteiger partial charge in [-0.05, 0) is 27.7 Å². The highest BCUT2D eigenvalue weighted by molar-refractivity contribution is 7.37. The molecule has 0 aliphatic carbocycles. The lowest BCUT2D eigenvalue weighted by Crippen LogP contribution is -3.13. The van der Waals surface area contributed by atoms with E-state index in [0.29, 0.717) is 12.1 Å². The van der Waals surface area contributed by atoms with Crippen molar-refractivity contribution in [3.05, 3.63) is 0 Å². The van der Waals surface area contributed by atoms with Gasteiger partial charge in [-0.3, -0.25) is 0 Å². The van der Waals surface area contributed by atoms with Crippen LogP contribution in [0.3, 0.4) is 0 Å². The van der Waals surface area contributed by atoms with E-state index >= 15 is 0 Å². The minimum atomic E-state index is -1.55. The van der Waals surface area contributed by atoms with Crippen LogP contribution in [0, 0.1) is 0 Å². The van der Waals surface area contributed by atoms with Crippen LogP contribution >= 0.6 is 8.53 Å². The molecule has 0 radical (unpaired) electrons. The fraction of sp³-hybridized carbons (Fsp3) is 1.00. The molecule has 3 nitrogen and oxygen atoms in total. The van der Waals surface area contributed by atoms with Crippen molar-refractivity contribution in [3.8, 4) is 0 Å². The van der Waals surface area contributed by atoms with Crippen molar-refractivity contribution < 1.29 is 26.5 Å². The molecule has 0 aromatic rings. The third kappa shape index (κ3) is 4.58. The Kier molecular flexibility index (Phi) is 8.86. The van der Waals surface area contributed by atoms with Gasteiger partial charge in [-0.25, -0.2) is 0 Å². The monoisotopic (exact) mass is 214 g/mol. The molecule has 1 unspecified atom stereocenters. The molecule has 0 spiro atoms. The van der Waals surface area contributed by atoms with Gasteiger partial charge in [0.15, 0.2) is 8.53 Å². The Morgan fingerprint density at radius 3 is 1.58 bits per heavy atom. The van der Waals surface area contributed by atoms with Crippen molar-refractivity contribution >= 4 is 8.53 Å². The average molecular weight is 215 g/mol. The zero-order valence-corrected chi connectivity index (χ0v) is 9.95. The van der Waals surface area contributed by atoms with Gasteiger partial charge in [0.2, 0.25) is 0 Å². The minimum Gasteiger partial charge on any atom is -1.00 e. The number of halogens is 1. The van der Waals surface area contributed by atoms with E-state index in [9.17, 15) is 4.89 Å². The zero-order chi connectivity index (χ0) is 9.02. The lowest BCUT2D eigenvalue weighted by Gasteiger charge is -2.35. The van der Waals surface area contributed by atoms with Crippen LogP contribution in [-0.2, 0) is 4.52 Å². The summed E-state index contributed by atoms with van der Waals surface area (Å²) < 4.78 is 5.82. The normalized spacial score (nSPS) is 13.8. The quantitative estimate of drug-likeness (QED) is 0.505. The SMILES string of the molecule is COP([O-])[NH+](C(C)C)C(C)C.[Cl-]. The van der Waals surface area contributed by atoms with Crippen LogP contribution in [0.1, 0.15) is 27.7 Å².